The Kier molecular flexibility index (Phi) is 3.41. The highest BCUT2D eigenvalue weighted by atomic mass is 19.1. The molecule has 1 aromatic heterocycles. The van der Waals surface area contributed by atoms with Crippen LogP contribution in [0.15, 0.2) is 40.1 Å². The maximum absolute atomic E-state index is 13.0. The first kappa shape index (κ1) is 12.9. The third-order valence-electron chi connectivity index (χ3n) is 2.65. The fourth-order valence-corrected chi connectivity index (χ4v) is 1.64. The van der Waals surface area contributed by atoms with Gasteiger partial charge in [0.15, 0.2) is 5.78 Å². The summed E-state index contributed by atoms with van der Waals surface area (Å²) < 4.78 is 14.1. The molecule has 0 fully saturated rings. The molecule has 0 radical (unpaired) electrons. The lowest BCUT2D eigenvalue weighted by Gasteiger charge is -2.05. The van der Waals surface area contributed by atoms with Gasteiger partial charge in [-0.15, -0.1) is 0 Å². The van der Waals surface area contributed by atoms with Gasteiger partial charge in [-0.2, -0.15) is 0 Å². The number of carbonyl (C=O) groups is 1. The predicted molar refractivity (Wildman–Crippen MR) is 66.8 cm³/mol. The molecule has 2 aromatic rings. The third kappa shape index (κ3) is 2.85. The molecule has 0 aliphatic heterocycles. The van der Waals surface area contributed by atoms with Gasteiger partial charge in [0.2, 0.25) is 0 Å². The van der Waals surface area contributed by atoms with Crippen molar-refractivity contribution in [2.24, 2.45) is 0 Å². The van der Waals surface area contributed by atoms with E-state index in [1.807, 2.05) is 0 Å². The van der Waals surface area contributed by atoms with E-state index in [-0.39, 0.29) is 12.1 Å². The average Bonchev–Trinajstić information content (AvgIpc) is 2.36. The molecule has 0 unspecified atom stereocenters. The van der Waals surface area contributed by atoms with Crippen LogP contribution in [0.2, 0.25) is 0 Å². The van der Waals surface area contributed by atoms with Crippen LogP contribution in [0.1, 0.15) is 15.9 Å². The molecule has 0 bridgehead atoms. The molecule has 1 N–H and O–H groups in total. The van der Waals surface area contributed by atoms with Crippen molar-refractivity contribution < 1.29 is 9.18 Å². The van der Waals surface area contributed by atoms with E-state index >= 15 is 0 Å². The molecular formula is C13H11FN2O3. The Hall–Kier alpha value is -2.50. The van der Waals surface area contributed by atoms with Gasteiger partial charge < -0.3 is 0 Å². The van der Waals surface area contributed by atoms with Crippen LogP contribution in [0.4, 0.5) is 4.39 Å². The summed E-state index contributed by atoms with van der Waals surface area (Å²) in [5, 5.41) is 0. The summed E-state index contributed by atoms with van der Waals surface area (Å²) in [5.74, 6) is -0.927. The second-order valence-corrected chi connectivity index (χ2v) is 4.13. The highest BCUT2D eigenvalue weighted by molar-refractivity contribution is 5.95. The lowest BCUT2D eigenvalue weighted by Crippen LogP contribution is -2.32. The molecule has 0 saturated carbocycles. The average molecular weight is 262 g/mol. The quantitative estimate of drug-likeness (QED) is 0.834. The number of hydrogen-bond acceptors (Lipinski definition) is 3. The number of nitrogens with one attached hydrogen (secondary N) is 1. The van der Waals surface area contributed by atoms with E-state index < -0.39 is 22.8 Å². The number of Topliss-reactive ketones (excluding diaryl/α,β-unsaturated/α-hetero) is 1. The Morgan fingerprint density at radius 2 is 2.11 bits per heavy atom. The molecule has 0 saturated heterocycles. The van der Waals surface area contributed by atoms with Gasteiger partial charge in [-0.05, 0) is 19.1 Å². The number of aromatic nitrogens is 2. The van der Waals surface area contributed by atoms with Crippen LogP contribution in [0.3, 0.4) is 0 Å². The number of H-pyrrole nitrogens is 1. The molecule has 1 heterocycles. The molecule has 0 amide bonds. The Morgan fingerprint density at radius 1 is 1.37 bits per heavy atom. The van der Waals surface area contributed by atoms with Gasteiger partial charge in [0.05, 0.1) is 6.54 Å². The molecular weight excluding hydrogens is 251 g/mol. The Bertz CT molecular complexity index is 746. The largest absolute Gasteiger partial charge is 0.328 e. The van der Waals surface area contributed by atoms with Crippen LogP contribution in [-0.2, 0) is 6.54 Å². The van der Waals surface area contributed by atoms with Crippen molar-refractivity contribution in [1.82, 2.24) is 9.55 Å². The summed E-state index contributed by atoms with van der Waals surface area (Å²) in [7, 11) is 0. The monoisotopic (exact) mass is 262 g/mol. The molecule has 5 nitrogen and oxygen atoms in total. The SMILES string of the molecule is Cc1cn(CC(=O)c2cccc(F)c2)c(=O)[nH]c1=O. The number of nitrogens with zero attached hydrogens (tertiary/aromatic N) is 1. The van der Waals surface area contributed by atoms with E-state index in [2.05, 4.69) is 4.98 Å². The van der Waals surface area contributed by atoms with Gasteiger partial charge in [-0.25, -0.2) is 9.18 Å². The highest BCUT2D eigenvalue weighted by Gasteiger charge is 2.09. The number of benzene rings is 1. The zero-order valence-electron chi connectivity index (χ0n) is 10.1. The van der Waals surface area contributed by atoms with Crippen LogP contribution in [0.25, 0.3) is 0 Å². The topological polar surface area (TPSA) is 71.9 Å². The molecule has 19 heavy (non-hydrogen) atoms. The number of ketones is 1. The maximum atomic E-state index is 13.0. The van der Waals surface area contributed by atoms with Gasteiger partial charge in [0, 0.05) is 17.3 Å². The second-order valence-electron chi connectivity index (χ2n) is 4.13. The summed E-state index contributed by atoms with van der Waals surface area (Å²) >= 11 is 0. The zero-order valence-corrected chi connectivity index (χ0v) is 10.1. The van der Waals surface area contributed by atoms with Crippen LogP contribution in [0.5, 0.6) is 0 Å². The first-order valence-electron chi connectivity index (χ1n) is 5.56. The van der Waals surface area contributed by atoms with Gasteiger partial charge in [0.1, 0.15) is 5.82 Å². The van der Waals surface area contributed by atoms with Crippen molar-refractivity contribution in [1.29, 1.82) is 0 Å². The van der Waals surface area contributed by atoms with Gasteiger partial charge >= 0.3 is 5.69 Å². The van der Waals surface area contributed by atoms with E-state index in [0.717, 1.165) is 10.6 Å². The summed E-state index contributed by atoms with van der Waals surface area (Å²) in [4.78, 5) is 36.7. The molecule has 0 aliphatic carbocycles. The van der Waals surface area contributed by atoms with Gasteiger partial charge in [-0.3, -0.25) is 19.1 Å². The van der Waals surface area contributed by atoms with Crippen molar-refractivity contribution >= 4 is 5.78 Å². The van der Waals surface area contributed by atoms with Gasteiger partial charge in [0.25, 0.3) is 5.56 Å². The van der Waals surface area contributed by atoms with Crippen LogP contribution >= 0.6 is 0 Å². The summed E-state index contributed by atoms with van der Waals surface area (Å²) in [6.45, 7) is 1.28. The highest BCUT2D eigenvalue weighted by Crippen LogP contribution is 2.05. The number of halogens is 1. The minimum atomic E-state index is -0.666. The summed E-state index contributed by atoms with van der Waals surface area (Å²) in [6.07, 6.45) is 1.30. The van der Waals surface area contributed by atoms with Crippen molar-refractivity contribution in [3.8, 4) is 0 Å². The summed E-state index contributed by atoms with van der Waals surface area (Å²) in [5.41, 5.74) is -0.651. The van der Waals surface area contributed by atoms with Crippen molar-refractivity contribution in [2.45, 2.75) is 13.5 Å². The van der Waals surface area contributed by atoms with Crippen molar-refractivity contribution in [3.63, 3.8) is 0 Å². The Morgan fingerprint density at radius 3 is 2.79 bits per heavy atom. The first-order valence-corrected chi connectivity index (χ1v) is 5.56. The molecule has 0 atom stereocenters. The van der Waals surface area contributed by atoms with Gasteiger partial charge in [-0.1, -0.05) is 12.1 Å². The van der Waals surface area contributed by atoms with E-state index in [0.29, 0.717) is 5.56 Å². The molecule has 1 aromatic carbocycles. The second kappa shape index (κ2) is 5.01. The van der Waals surface area contributed by atoms with E-state index in [4.69, 9.17) is 0 Å². The third-order valence-corrected chi connectivity index (χ3v) is 2.65. The zero-order chi connectivity index (χ0) is 14.0. The molecule has 98 valence electrons. The van der Waals surface area contributed by atoms with Crippen molar-refractivity contribution in [2.75, 3.05) is 0 Å². The number of aromatic amines is 1. The number of hydrogen-bond donors (Lipinski definition) is 1. The number of carbonyl (C=O) groups excluding carboxylic acids is 1. The summed E-state index contributed by atoms with van der Waals surface area (Å²) in [6, 6.07) is 5.22. The molecule has 0 spiro atoms. The number of rotatable bonds is 3. The smallest absolute Gasteiger partial charge is 0.293 e. The number of aryl methyl sites for hydroxylation is 1. The van der Waals surface area contributed by atoms with Crippen LogP contribution in [-0.4, -0.2) is 15.3 Å². The Balaban J connectivity index is 2.32. The first-order chi connectivity index (χ1) is 8.97. The lowest BCUT2D eigenvalue weighted by atomic mass is 10.1. The lowest BCUT2D eigenvalue weighted by molar-refractivity contribution is 0.0969. The normalized spacial score (nSPS) is 10.4. The predicted octanol–water partition coefficient (Wildman–Crippen LogP) is 0.867. The molecule has 6 heteroatoms. The van der Waals surface area contributed by atoms with E-state index in [9.17, 15) is 18.8 Å². The Labute approximate surface area is 107 Å². The maximum Gasteiger partial charge on any atom is 0.328 e. The molecule has 0 aliphatic rings. The standard InChI is InChI=1S/C13H11FN2O3/c1-8-6-16(13(19)15-12(8)18)7-11(17)9-3-2-4-10(14)5-9/h2-6H,7H2,1H3,(H,15,18,19). The minimum Gasteiger partial charge on any atom is -0.293 e. The fraction of sp³-hybridized carbons (Fsp3) is 0.154. The fourth-order valence-electron chi connectivity index (χ4n) is 1.64. The van der Waals surface area contributed by atoms with Crippen LogP contribution < -0.4 is 11.2 Å². The minimum absolute atomic E-state index is 0.177. The van der Waals surface area contributed by atoms with Crippen LogP contribution in [0, 0.1) is 12.7 Å². The van der Waals surface area contributed by atoms with E-state index in [1.165, 1.54) is 31.3 Å². The molecule has 2 rings (SSSR count). The van der Waals surface area contributed by atoms with E-state index in [1.54, 1.807) is 0 Å². The van der Waals surface area contributed by atoms with Crippen molar-refractivity contribution in [3.05, 3.63) is 68.2 Å².